The van der Waals surface area contributed by atoms with Crippen LogP contribution in [0.5, 0.6) is 0 Å². The fourth-order valence-corrected chi connectivity index (χ4v) is 4.89. The van der Waals surface area contributed by atoms with Gasteiger partial charge in [-0.05, 0) is 12.1 Å². The van der Waals surface area contributed by atoms with Crippen LogP contribution in [-0.4, -0.2) is 46.9 Å². The van der Waals surface area contributed by atoms with Crippen LogP contribution < -0.4 is 5.32 Å². The lowest BCUT2D eigenvalue weighted by Gasteiger charge is -2.33. The summed E-state index contributed by atoms with van der Waals surface area (Å²) in [7, 11) is 0. The Hall–Kier alpha value is -2.09. The lowest BCUT2D eigenvalue weighted by atomic mass is 10.1. The normalized spacial score (nSPS) is 16.1. The topological polar surface area (TPSA) is 58.4 Å². The highest BCUT2D eigenvalue weighted by Crippen LogP contribution is 2.25. The maximum atomic E-state index is 12.6. The number of rotatable bonds is 6. The van der Waals surface area contributed by atoms with E-state index in [4.69, 9.17) is 4.42 Å². The molecule has 0 spiro atoms. The Kier molecular flexibility index (Phi) is 5.91. The minimum atomic E-state index is -0.142. The number of benzene rings is 1. The highest BCUT2D eigenvalue weighted by molar-refractivity contribution is 7.99. The van der Waals surface area contributed by atoms with Crippen molar-refractivity contribution in [3.63, 3.8) is 0 Å². The highest BCUT2D eigenvalue weighted by Gasteiger charge is 2.25. The molecule has 1 aliphatic rings. The predicted molar refractivity (Wildman–Crippen MR) is 110 cm³/mol. The molecule has 1 amide bonds. The molecule has 0 unspecified atom stereocenters. The van der Waals surface area contributed by atoms with Gasteiger partial charge in [-0.3, -0.25) is 9.69 Å². The first kappa shape index (κ1) is 18.3. The van der Waals surface area contributed by atoms with E-state index in [2.05, 4.69) is 15.2 Å². The minimum Gasteiger partial charge on any atom is -0.468 e. The average Bonchev–Trinajstić information content (AvgIpc) is 3.42. The maximum absolute atomic E-state index is 12.6. The minimum absolute atomic E-state index is 0.0529. The van der Waals surface area contributed by atoms with Crippen molar-refractivity contribution in [2.24, 2.45) is 0 Å². The van der Waals surface area contributed by atoms with E-state index in [1.165, 1.54) is 11.3 Å². The molecule has 3 aromatic rings. The van der Waals surface area contributed by atoms with E-state index in [-0.39, 0.29) is 11.9 Å². The van der Waals surface area contributed by atoms with Gasteiger partial charge in [-0.15, -0.1) is 11.3 Å². The van der Waals surface area contributed by atoms with Gasteiger partial charge >= 0.3 is 0 Å². The zero-order valence-corrected chi connectivity index (χ0v) is 16.5. The number of nitrogens with one attached hydrogen (secondary N) is 1. The van der Waals surface area contributed by atoms with Gasteiger partial charge in [-0.1, -0.05) is 30.3 Å². The molecule has 140 valence electrons. The van der Waals surface area contributed by atoms with Crippen LogP contribution in [0.2, 0.25) is 0 Å². The Balaban J connectivity index is 1.43. The molecule has 0 aliphatic carbocycles. The van der Waals surface area contributed by atoms with E-state index in [1.54, 1.807) is 6.26 Å². The first-order valence-corrected chi connectivity index (χ1v) is 11.0. The molecule has 5 nitrogen and oxygen atoms in total. The predicted octanol–water partition coefficient (Wildman–Crippen LogP) is 3.92. The van der Waals surface area contributed by atoms with E-state index < -0.39 is 0 Å². The molecule has 0 bridgehead atoms. The van der Waals surface area contributed by atoms with E-state index in [0.717, 1.165) is 40.9 Å². The summed E-state index contributed by atoms with van der Waals surface area (Å²) in [6.07, 6.45) is 1.69. The summed E-state index contributed by atoms with van der Waals surface area (Å²) in [5, 5.41) is 5.72. The molecular formula is C20H21N3O2S2. The second kappa shape index (κ2) is 8.73. The molecule has 0 saturated carbocycles. The second-order valence-corrected chi connectivity index (χ2v) is 8.38. The van der Waals surface area contributed by atoms with Gasteiger partial charge in [-0.2, -0.15) is 11.8 Å². The maximum Gasteiger partial charge on any atom is 0.270 e. The fraction of sp³-hybridized carbons (Fsp3) is 0.300. The van der Waals surface area contributed by atoms with E-state index >= 15 is 0 Å². The van der Waals surface area contributed by atoms with Crippen LogP contribution in [0, 0.1) is 0 Å². The highest BCUT2D eigenvalue weighted by atomic mass is 32.2. The summed E-state index contributed by atoms with van der Waals surface area (Å²) in [5.74, 6) is 2.97. The number of hydrogen-bond acceptors (Lipinski definition) is 6. The van der Waals surface area contributed by atoms with Crippen molar-refractivity contribution in [3.8, 4) is 10.6 Å². The third-order valence-corrected chi connectivity index (χ3v) is 6.41. The Morgan fingerprint density at radius 3 is 2.74 bits per heavy atom. The molecule has 3 heterocycles. The molecule has 2 aromatic heterocycles. The molecule has 1 fully saturated rings. The first-order valence-electron chi connectivity index (χ1n) is 8.95. The van der Waals surface area contributed by atoms with Gasteiger partial charge in [0.2, 0.25) is 0 Å². The quantitative estimate of drug-likeness (QED) is 0.681. The summed E-state index contributed by atoms with van der Waals surface area (Å²) in [6.45, 7) is 2.51. The zero-order chi connectivity index (χ0) is 18.5. The van der Waals surface area contributed by atoms with Gasteiger partial charge in [-0.25, -0.2) is 4.98 Å². The smallest absolute Gasteiger partial charge is 0.270 e. The van der Waals surface area contributed by atoms with Crippen molar-refractivity contribution in [1.29, 1.82) is 0 Å². The van der Waals surface area contributed by atoms with Gasteiger partial charge < -0.3 is 9.73 Å². The Bertz CT molecular complexity index is 859. The SMILES string of the molecule is O=C(NC[C@@H](c1ccco1)N1CCSCC1)c1csc(-c2ccccc2)n1. The van der Waals surface area contributed by atoms with E-state index in [1.807, 2.05) is 59.6 Å². The largest absolute Gasteiger partial charge is 0.468 e. The summed E-state index contributed by atoms with van der Waals surface area (Å²) in [4.78, 5) is 19.5. The molecule has 1 saturated heterocycles. The number of carbonyl (C=O) groups is 1. The number of amides is 1. The third kappa shape index (κ3) is 4.43. The first-order chi connectivity index (χ1) is 13.3. The number of thiazole rings is 1. The van der Waals surface area contributed by atoms with Crippen LogP contribution in [0.1, 0.15) is 22.3 Å². The van der Waals surface area contributed by atoms with Crippen molar-refractivity contribution in [2.75, 3.05) is 31.1 Å². The molecule has 1 aliphatic heterocycles. The molecular weight excluding hydrogens is 378 g/mol. The fourth-order valence-electron chi connectivity index (χ4n) is 3.15. The van der Waals surface area contributed by atoms with Crippen LogP contribution >= 0.6 is 23.1 Å². The summed E-state index contributed by atoms with van der Waals surface area (Å²) >= 11 is 3.45. The number of hydrogen-bond donors (Lipinski definition) is 1. The lowest BCUT2D eigenvalue weighted by Crippen LogP contribution is -2.42. The number of nitrogens with zero attached hydrogens (tertiary/aromatic N) is 2. The van der Waals surface area contributed by atoms with Gasteiger partial charge in [0.05, 0.1) is 12.3 Å². The van der Waals surface area contributed by atoms with Crippen molar-refractivity contribution in [1.82, 2.24) is 15.2 Å². The second-order valence-electron chi connectivity index (χ2n) is 6.29. The van der Waals surface area contributed by atoms with Gasteiger partial charge in [0, 0.05) is 42.1 Å². The third-order valence-electron chi connectivity index (χ3n) is 4.57. The van der Waals surface area contributed by atoms with Crippen LogP contribution in [0.4, 0.5) is 0 Å². The van der Waals surface area contributed by atoms with Crippen LogP contribution in [0.15, 0.2) is 58.5 Å². The molecule has 1 N–H and O–H groups in total. The average molecular weight is 400 g/mol. The summed E-state index contributed by atoms with van der Waals surface area (Å²) in [6, 6.07) is 13.9. The van der Waals surface area contributed by atoms with Crippen molar-refractivity contribution >= 4 is 29.0 Å². The lowest BCUT2D eigenvalue weighted by molar-refractivity contribution is 0.0925. The monoisotopic (exact) mass is 399 g/mol. The van der Waals surface area contributed by atoms with E-state index in [0.29, 0.717) is 12.2 Å². The van der Waals surface area contributed by atoms with E-state index in [9.17, 15) is 4.79 Å². The van der Waals surface area contributed by atoms with Gasteiger partial charge in [0.1, 0.15) is 16.5 Å². The Labute approximate surface area is 166 Å². The van der Waals surface area contributed by atoms with Crippen molar-refractivity contribution in [2.45, 2.75) is 6.04 Å². The van der Waals surface area contributed by atoms with Crippen molar-refractivity contribution in [3.05, 3.63) is 65.6 Å². The molecule has 0 radical (unpaired) electrons. The number of aromatic nitrogens is 1. The molecule has 7 heteroatoms. The Morgan fingerprint density at radius 1 is 1.19 bits per heavy atom. The van der Waals surface area contributed by atoms with Crippen LogP contribution in [-0.2, 0) is 0 Å². The molecule has 27 heavy (non-hydrogen) atoms. The number of furan rings is 1. The summed E-state index contributed by atoms with van der Waals surface area (Å²) in [5.41, 5.74) is 1.49. The van der Waals surface area contributed by atoms with Gasteiger partial charge in [0.15, 0.2) is 0 Å². The standard InChI is InChI=1S/C20H21N3O2S2/c24-19(16-14-27-20(22-16)15-5-2-1-3-6-15)21-13-17(18-7-4-10-25-18)23-8-11-26-12-9-23/h1-7,10,14,17H,8-9,11-13H2,(H,21,24)/t17-/m0/s1. The molecule has 1 aromatic carbocycles. The van der Waals surface area contributed by atoms with Crippen LogP contribution in [0.3, 0.4) is 0 Å². The Morgan fingerprint density at radius 2 is 2.00 bits per heavy atom. The van der Waals surface area contributed by atoms with Gasteiger partial charge in [0.25, 0.3) is 5.91 Å². The molecule has 4 rings (SSSR count). The molecule has 1 atom stereocenters. The number of thioether (sulfide) groups is 1. The summed E-state index contributed by atoms with van der Waals surface area (Å²) < 4.78 is 5.64. The zero-order valence-electron chi connectivity index (χ0n) is 14.8. The number of carbonyl (C=O) groups excluding carboxylic acids is 1. The van der Waals surface area contributed by atoms with Crippen LogP contribution in [0.25, 0.3) is 10.6 Å². The van der Waals surface area contributed by atoms with Crippen molar-refractivity contribution < 1.29 is 9.21 Å².